The normalized spacial score (nSPS) is 11.0. The fourth-order valence-corrected chi connectivity index (χ4v) is 2.36. The molecule has 0 bridgehead atoms. The van der Waals surface area contributed by atoms with Gasteiger partial charge in [-0.25, -0.2) is 0 Å². The average Bonchev–Trinajstić information content (AvgIpc) is 2.13. The molecule has 17 heavy (non-hydrogen) atoms. The van der Waals surface area contributed by atoms with E-state index in [0.29, 0.717) is 8.95 Å². The van der Waals surface area contributed by atoms with E-state index in [2.05, 4.69) is 31.9 Å². The van der Waals surface area contributed by atoms with Crippen LogP contribution in [0.5, 0.6) is 5.75 Å². The number of carbonyl (C=O) groups is 1. The van der Waals surface area contributed by atoms with Crippen molar-refractivity contribution in [3.8, 4) is 5.75 Å². The third-order valence-electron chi connectivity index (χ3n) is 1.85. The molecule has 1 rings (SSSR count). The van der Waals surface area contributed by atoms with Crippen LogP contribution in [0.25, 0.3) is 0 Å². The summed E-state index contributed by atoms with van der Waals surface area (Å²) < 4.78 is 1.01. The molecule has 0 saturated carbocycles. The van der Waals surface area contributed by atoms with Crippen molar-refractivity contribution in [2.75, 3.05) is 0 Å². The van der Waals surface area contributed by atoms with Gasteiger partial charge >= 0.3 is 5.97 Å². The summed E-state index contributed by atoms with van der Waals surface area (Å²) in [5, 5.41) is 18.1. The first kappa shape index (κ1) is 18.7. The van der Waals surface area contributed by atoms with Crippen LogP contribution in [0.4, 0.5) is 0 Å². The third-order valence-corrected chi connectivity index (χ3v) is 3.06. The lowest BCUT2D eigenvalue weighted by Gasteiger charge is -2.08. The predicted octanol–water partition coefficient (Wildman–Crippen LogP) is 0.222. The lowest BCUT2D eigenvalue weighted by molar-refractivity contribution is -0.138. The Balaban J connectivity index is 0. The summed E-state index contributed by atoms with van der Waals surface area (Å²) >= 11 is 6.31. The monoisotopic (exact) mass is 373 g/mol. The second kappa shape index (κ2) is 7.62. The zero-order valence-electron chi connectivity index (χ0n) is 8.58. The van der Waals surface area contributed by atoms with Crippen LogP contribution in [0.2, 0.25) is 0 Å². The van der Waals surface area contributed by atoms with E-state index >= 15 is 0 Å². The van der Waals surface area contributed by atoms with Gasteiger partial charge in [0, 0.05) is 0 Å². The van der Waals surface area contributed by atoms with Gasteiger partial charge in [-0.05, 0) is 56.0 Å². The number of rotatable bonds is 3. The molecule has 0 unspecified atom stereocenters. The lowest BCUT2D eigenvalue weighted by Crippen LogP contribution is -2.32. The standard InChI is InChI=1S/C9H9Br2NO3.2H2O/c10-5-1-4(2-6(11)8(5)13)3-7(12)9(14)15;;/h1-2,7,13H,3,12H2,(H,14,15);2*1H2/t7-;;/m0../s1. The van der Waals surface area contributed by atoms with Gasteiger partial charge in [0.05, 0.1) is 8.95 Å². The average molecular weight is 375 g/mol. The zero-order chi connectivity index (χ0) is 11.6. The van der Waals surface area contributed by atoms with Crippen molar-refractivity contribution in [2.24, 2.45) is 5.73 Å². The van der Waals surface area contributed by atoms with E-state index in [-0.39, 0.29) is 23.1 Å². The topological polar surface area (TPSA) is 147 Å². The zero-order valence-corrected chi connectivity index (χ0v) is 11.7. The first-order valence-electron chi connectivity index (χ1n) is 4.07. The van der Waals surface area contributed by atoms with Crippen molar-refractivity contribution in [1.29, 1.82) is 0 Å². The van der Waals surface area contributed by atoms with E-state index in [1.54, 1.807) is 12.1 Å². The van der Waals surface area contributed by atoms with Crippen molar-refractivity contribution < 1.29 is 26.0 Å². The number of carboxylic acid groups (broad SMARTS) is 1. The van der Waals surface area contributed by atoms with Gasteiger partial charge in [-0.15, -0.1) is 0 Å². The molecule has 8 N–H and O–H groups in total. The van der Waals surface area contributed by atoms with Crippen LogP contribution in [-0.4, -0.2) is 33.2 Å². The van der Waals surface area contributed by atoms with E-state index in [1.165, 1.54) is 0 Å². The molecule has 6 nitrogen and oxygen atoms in total. The Bertz CT molecular complexity index is 376. The molecule has 1 atom stereocenters. The minimum atomic E-state index is -1.05. The second-order valence-electron chi connectivity index (χ2n) is 3.06. The van der Waals surface area contributed by atoms with Gasteiger partial charge in [-0.2, -0.15) is 0 Å². The third kappa shape index (κ3) is 5.00. The highest BCUT2D eigenvalue weighted by atomic mass is 79.9. The summed E-state index contributed by atoms with van der Waals surface area (Å²) in [5.74, 6) is -0.960. The summed E-state index contributed by atoms with van der Waals surface area (Å²) in [7, 11) is 0. The molecule has 0 aromatic heterocycles. The van der Waals surface area contributed by atoms with E-state index < -0.39 is 12.0 Å². The molecule has 0 radical (unpaired) electrons. The molecule has 0 aliphatic heterocycles. The van der Waals surface area contributed by atoms with E-state index in [4.69, 9.17) is 10.8 Å². The molecule has 0 fully saturated rings. The van der Waals surface area contributed by atoms with Crippen molar-refractivity contribution >= 4 is 37.8 Å². The summed E-state index contributed by atoms with van der Waals surface area (Å²) in [6.45, 7) is 0. The molecule has 0 spiro atoms. The van der Waals surface area contributed by atoms with Crippen molar-refractivity contribution in [3.63, 3.8) is 0 Å². The van der Waals surface area contributed by atoms with Crippen molar-refractivity contribution in [1.82, 2.24) is 0 Å². The summed E-state index contributed by atoms with van der Waals surface area (Å²) in [4.78, 5) is 10.5. The predicted molar refractivity (Wildman–Crippen MR) is 70.0 cm³/mol. The molecule has 98 valence electrons. The fourth-order valence-electron chi connectivity index (χ4n) is 1.08. The van der Waals surface area contributed by atoms with Gasteiger partial charge in [0.15, 0.2) is 0 Å². The number of carboxylic acids is 1. The van der Waals surface area contributed by atoms with Crippen LogP contribution in [0.3, 0.4) is 0 Å². The van der Waals surface area contributed by atoms with Gasteiger partial charge in [0.2, 0.25) is 0 Å². The smallest absolute Gasteiger partial charge is 0.320 e. The Morgan fingerprint density at radius 3 is 2.06 bits per heavy atom. The number of phenolic OH excluding ortho intramolecular Hbond substituents is 1. The van der Waals surface area contributed by atoms with E-state index in [1.807, 2.05) is 0 Å². The second-order valence-corrected chi connectivity index (χ2v) is 4.77. The highest BCUT2D eigenvalue weighted by molar-refractivity contribution is 9.11. The van der Waals surface area contributed by atoms with Crippen LogP contribution in [0.1, 0.15) is 5.56 Å². The number of aromatic hydroxyl groups is 1. The maximum atomic E-state index is 10.5. The van der Waals surface area contributed by atoms with Crippen LogP contribution >= 0.6 is 31.9 Å². The van der Waals surface area contributed by atoms with Crippen LogP contribution in [0, 0.1) is 0 Å². The molecular formula is C9H13Br2NO5. The lowest BCUT2D eigenvalue weighted by atomic mass is 10.1. The molecule has 0 amide bonds. The number of nitrogens with two attached hydrogens (primary N) is 1. The van der Waals surface area contributed by atoms with Gasteiger partial charge in [0.25, 0.3) is 0 Å². The van der Waals surface area contributed by atoms with E-state index in [9.17, 15) is 9.90 Å². The highest BCUT2D eigenvalue weighted by Crippen LogP contribution is 2.33. The molecule has 1 aromatic rings. The maximum Gasteiger partial charge on any atom is 0.320 e. The molecule has 0 aliphatic rings. The number of phenols is 1. The summed E-state index contributed by atoms with van der Waals surface area (Å²) in [5.41, 5.74) is 6.13. The highest BCUT2D eigenvalue weighted by Gasteiger charge is 2.14. The SMILES string of the molecule is N[C@@H](Cc1cc(Br)c(O)c(Br)c1)C(=O)O.O.O. The minimum absolute atomic E-state index is 0. The Labute approximate surface area is 114 Å². The first-order chi connectivity index (χ1) is 6.91. The molecular weight excluding hydrogens is 362 g/mol. The first-order valence-corrected chi connectivity index (χ1v) is 5.65. The number of benzene rings is 1. The van der Waals surface area contributed by atoms with Crippen molar-refractivity contribution in [3.05, 3.63) is 26.6 Å². The largest absolute Gasteiger partial charge is 0.506 e. The fraction of sp³-hybridized carbons (Fsp3) is 0.222. The Kier molecular flexibility index (Phi) is 8.37. The molecule has 8 heteroatoms. The Hall–Kier alpha value is -0.670. The number of hydrogen-bond acceptors (Lipinski definition) is 3. The van der Waals surface area contributed by atoms with Gasteiger partial charge in [-0.1, -0.05) is 0 Å². The molecule has 1 aromatic carbocycles. The number of aliphatic carboxylic acids is 1. The number of halogens is 2. The van der Waals surface area contributed by atoms with Gasteiger partial charge < -0.3 is 26.9 Å². The maximum absolute atomic E-state index is 10.5. The van der Waals surface area contributed by atoms with Crippen molar-refractivity contribution in [2.45, 2.75) is 12.5 Å². The van der Waals surface area contributed by atoms with Gasteiger partial charge in [0.1, 0.15) is 11.8 Å². The Morgan fingerprint density at radius 1 is 1.29 bits per heavy atom. The molecule has 0 heterocycles. The Morgan fingerprint density at radius 2 is 1.71 bits per heavy atom. The minimum Gasteiger partial charge on any atom is -0.506 e. The summed E-state index contributed by atoms with van der Waals surface area (Å²) in [6.07, 6.45) is 0.215. The van der Waals surface area contributed by atoms with Crippen LogP contribution in [-0.2, 0) is 11.2 Å². The van der Waals surface area contributed by atoms with Crippen LogP contribution < -0.4 is 5.73 Å². The van der Waals surface area contributed by atoms with Crippen LogP contribution in [0.15, 0.2) is 21.1 Å². The van der Waals surface area contributed by atoms with Gasteiger partial charge in [-0.3, -0.25) is 4.79 Å². The van der Waals surface area contributed by atoms with E-state index in [0.717, 1.165) is 5.56 Å². The number of hydrogen-bond donors (Lipinski definition) is 3. The molecule has 0 aliphatic carbocycles. The quantitative estimate of drug-likeness (QED) is 0.694. The summed E-state index contributed by atoms with van der Waals surface area (Å²) in [6, 6.07) is 2.35. The molecule has 0 saturated heterocycles.